The van der Waals surface area contributed by atoms with Crippen LogP contribution in [0.25, 0.3) is 0 Å². The first kappa shape index (κ1) is 17.8. The molecule has 0 saturated carbocycles. The second-order valence-corrected chi connectivity index (χ2v) is 7.42. The van der Waals surface area contributed by atoms with Crippen LogP contribution in [0.2, 0.25) is 0 Å². The second kappa shape index (κ2) is 6.69. The number of nitrogens with zero attached hydrogens (tertiary/aromatic N) is 2. The van der Waals surface area contributed by atoms with Crippen molar-refractivity contribution in [3.8, 4) is 0 Å². The summed E-state index contributed by atoms with van der Waals surface area (Å²) in [4.78, 5) is 24.7. The lowest BCUT2D eigenvalue weighted by atomic mass is 10.2. The zero-order valence-corrected chi connectivity index (χ0v) is 13.2. The fourth-order valence-electron chi connectivity index (χ4n) is 1.37. The van der Waals surface area contributed by atoms with Gasteiger partial charge in [0.25, 0.3) is 5.69 Å². The topological polar surface area (TPSA) is 128 Å². The number of nitrogens with one attached hydrogen (secondary N) is 1. The van der Waals surface area contributed by atoms with E-state index in [1.54, 1.807) is 20.8 Å². The van der Waals surface area contributed by atoms with Crippen molar-refractivity contribution in [1.29, 1.82) is 0 Å². The summed E-state index contributed by atoms with van der Waals surface area (Å²) in [6.45, 7) is 4.90. The van der Waals surface area contributed by atoms with Crippen LogP contribution in [-0.2, 0) is 14.6 Å². The highest BCUT2D eigenvalue weighted by atomic mass is 32.2. The van der Waals surface area contributed by atoms with Crippen molar-refractivity contribution in [2.75, 3.05) is 12.3 Å². The summed E-state index contributed by atoms with van der Waals surface area (Å²) in [6, 6.07) is 2.11. The summed E-state index contributed by atoms with van der Waals surface area (Å²) in [7, 11) is -3.75. The SMILES string of the molecule is CC(C)(C)OC(=O)NCCS(=O)(=O)c1ccc([N+](=O)[O-])cn1. The van der Waals surface area contributed by atoms with Crippen LogP contribution in [0, 0.1) is 10.1 Å². The third kappa shape index (κ3) is 5.64. The quantitative estimate of drug-likeness (QED) is 0.635. The highest BCUT2D eigenvalue weighted by Gasteiger charge is 2.20. The highest BCUT2D eigenvalue weighted by molar-refractivity contribution is 7.91. The van der Waals surface area contributed by atoms with Crippen molar-refractivity contribution < 1.29 is 22.9 Å². The zero-order valence-electron chi connectivity index (χ0n) is 12.4. The van der Waals surface area contributed by atoms with Crippen LogP contribution >= 0.6 is 0 Å². The minimum Gasteiger partial charge on any atom is -0.444 e. The smallest absolute Gasteiger partial charge is 0.407 e. The Morgan fingerprint density at radius 3 is 2.50 bits per heavy atom. The number of aromatic nitrogens is 1. The number of rotatable bonds is 5. The van der Waals surface area contributed by atoms with Gasteiger partial charge in [0.2, 0.25) is 0 Å². The molecule has 22 heavy (non-hydrogen) atoms. The van der Waals surface area contributed by atoms with Crippen LogP contribution in [0.3, 0.4) is 0 Å². The maximum Gasteiger partial charge on any atom is 0.407 e. The predicted octanol–water partition coefficient (Wildman–Crippen LogP) is 1.29. The lowest BCUT2D eigenvalue weighted by Gasteiger charge is -2.19. The molecule has 0 radical (unpaired) electrons. The van der Waals surface area contributed by atoms with Crippen LogP contribution < -0.4 is 5.32 Å². The van der Waals surface area contributed by atoms with E-state index in [-0.39, 0.29) is 17.3 Å². The van der Waals surface area contributed by atoms with Gasteiger partial charge in [0.1, 0.15) is 11.8 Å². The van der Waals surface area contributed by atoms with Gasteiger partial charge in [-0.1, -0.05) is 0 Å². The van der Waals surface area contributed by atoms with Crippen molar-refractivity contribution in [2.24, 2.45) is 0 Å². The molecular weight excluding hydrogens is 314 g/mol. The molecule has 0 aromatic carbocycles. The largest absolute Gasteiger partial charge is 0.444 e. The number of ether oxygens (including phenoxy) is 1. The van der Waals surface area contributed by atoms with Gasteiger partial charge in [0.05, 0.1) is 10.7 Å². The Hall–Kier alpha value is -2.23. The molecule has 0 aliphatic rings. The predicted molar refractivity (Wildman–Crippen MR) is 77.2 cm³/mol. The molecule has 0 bridgehead atoms. The minimum absolute atomic E-state index is 0.157. The molecule has 1 heterocycles. The van der Waals surface area contributed by atoms with E-state index in [0.29, 0.717) is 0 Å². The number of sulfone groups is 1. The number of hydrogen-bond acceptors (Lipinski definition) is 7. The fourth-order valence-corrected chi connectivity index (χ4v) is 2.44. The van der Waals surface area contributed by atoms with Gasteiger partial charge >= 0.3 is 6.09 Å². The number of alkyl carbamates (subject to hydrolysis) is 1. The molecule has 0 unspecified atom stereocenters. The Labute approximate surface area is 127 Å². The molecule has 0 saturated heterocycles. The lowest BCUT2D eigenvalue weighted by Crippen LogP contribution is -2.35. The average Bonchev–Trinajstić information content (AvgIpc) is 2.36. The maximum atomic E-state index is 12.0. The molecular formula is C12H17N3O6S. The van der Waals surface area contributed by atoms with Crippen molar-refractivity contribution in [2.45, 2.75) is 31.4 Å². The minimum atomic E-state index is -3.75. The molecule has 1 rings (SSSR count). The van der Waals surface area contributed by atoms with E-state index in [4.69, 9.17) is 4.74 Å². The van der Waals surface area contributed by atoms with E-state index in [9.17, 15) is 23.3 Å². The van der Waals surface area contributed by atoms with Crippen molar-refractivity contribution in [3.63, 3.8) is 0 Å². The van der Waals surface area contributed by atoms with Crippen molar-refractivity contribution in [1.82, 2.24) is 10.3 Å². The summed E-state index contributed by atoms with van der Waals surface area (Å²) in [5.41, 5.74) is -0.978. The molecule has 1 aromatic rings. The molecule has 9 nitrogen and oxygen atoms in total. The lowest BCUT2D eigenvalue weighted by molar-refractivity contribution is -0.385. The van der Waals surface area contributed by atoms with E-state index in [1.807, 2.05) is 0 Å². The number of carbonyl (C=O) groups is 1. The molecule has 0 atom stereocenters. The zero-order chi connectivity index (χ0) is 17.0. The van der Waals surface area contributed by atoms with Crippen LogP contribution in [0.1, 0.15) is 20.8 Å². The Balaban J connectivity index is 2.61. The first-order valence-electron chi connectivity index (χ1n) is 6.31. The molecule has 1 N–H and O–H groups in total. The van der Waals surface area contributed by atoms with Crippen LogP contribution in [-0.4, -0.2) is 42.3 Å². The second-order valence-electron chi connectivity index (χ2n) is 5.36. The summed E-state index contributed by atoms with van der Waals surface area (Å²) >= 11 is 0. The summed E-state index contributed by atoms with van der Waals surface area (Å²) in [6.07, 6.45) is 0.146. The fraction of sp³-hybridized carbons (Fsp3) is 0.500. The molecule has 0 aliphatic heterocycles. The van der Waals surface area contributed by atoms with Crippen LogP contribution in [0.5, 0.6) is 0 Å². The Morgan fingerprint density at radius 2 is 2.05 bits per heavy atom. The van der Waals surface area contributed by atoms with E-state index >= 15 is 0 Å². The summed E-state index contributed by atoms with van der Waals surface area (Å²) in [5, 5.41) is 12.5. The maximum absolute atomic E-state index is 12.0. The van der Waals surface area contributed by atoms with Gasteiger partial charge in [-0.25, -0.2) is 18.2 Å². The van der Waals surface area contributed by atoms with E-state index in [2.05, 4.69) is 10.3 Å². The Bertz CT molecular complexity index is 648. The summed E-state index contributed by atoms with van der Waals surface area (Å²) < 4.78 is 28.9. The molecule has 122 valence electrons. The van der Waals surface area contributed by atoms with Crippen molar-refractivity contribution >= 4 is 21.6 Å². The van der Waals surface area contributed by atoms with Gasteiger partial charge in [-0.2, -0.15) is 0 Å². The summed E-state index contributed by atoms with van der Waals surface area (Å²) in [5.74, 6) is -0.392. The molecule has 0 aliphatic carbocycles. The molecule has 10 heteroatoms. The molecule has 0 spiro atoms. The molecule has 1 amide bonds. The van der Waals surface area contributed by atoms with E-state index in [1.165, 1.54) is 0 Å². The highest BCUT2D eigenvalue weighted by Crippen LogP contribution is 2.13. The Kier molecular flexibility index (Phi) is 5.42. The first-order chi connectivity index (χ1) is 10.0. The van der Waals surface area contributed by atoms with E-state index < -0.39 is 32.2 Å². The van der Waals surface area contributed by atoms with Crippen LogP contribution in [0.15, 0.2) is 23.4 Å². The van der Waals surface area contributed by atoms with Gasteiger partial charge in [0, 0.05) is 12.6 Å². The number of pyridine rings is 1. The third-order valence-electron chi connectivity index (χ3n) is 2.29. The number of carbonyl (C=O) groups excluding carboxylic acids is 1. The number of hydrogen-bond donors (Lipinski definition) is 1. The standard InChI is InChI=1S/C12H17N3O6S/c1-12(2,3)21-11(16)13-6-7-22(19,20)10-5-4-9(8-14-10)15(17)18/h4-5,8H,6-7H2,1-3H3,(H,13,16). The number of nitro groups is 1. The molecule has 0 fully saturated rings. The average molecular weight is 331 g/mol. The van der Waals surface area contributed by atoms with E-state index in [0.717, 1.165) is 18.3 Å². The van der Waals surface area contributed by atoms with Gasteiger partial charge in [-0.15, -0.1) is 0 Å². The number of amides is 1. The van der Waals surface area contributed by atoms with Gasteiger partial charge in [-0.3, -0.25) is 10.1 Å². The van der Waals surface area contributed by atoms with Gasteiger partial charge in [-0.05, 0) is 26.8 Å². The van der Waals surface area contributed by atoms with Gasteiger partial charge < -0.3 is 10.1 Å². The third-order valence-corrected chi connectivity index (χ3v) is 3.91. The molecule has 1 aromatic heterocycles. The van der Waals surface area contributed by atoms with Gasteiger partial charge in [0.15, 0.2) is 14.9 Å². The normalized spacial score (nSPS) is 11.8. The van der Waals surface area contributed by atoms with Crippen molar-refractivity contribution in [3.05, 3.63) is 28.4 Å². The Morgan fingerprint density at radius 1 is 1.41 bits per heavy atom. The van der Waals surface area contributed by atoms with Crippen LogP contribution in [0.4, 0.5) is 10.5 Å². The monoisotopic (exact) mass is 331 g/mol. The first-order valence-corrected chi connectivity index (χ1v) is 7.96.